The molecule has 1 aromatic carbocycles. The Labute approximate surface area is 155 Å². The quantitative estimate of drug-likeness (QED) is 0.263. The maximum atomic E-state index is 5.98. The van der Waals surface area contributed by atoms with Crippen LogP contribution in [0.25, 0.3) is 0 Å². The molecule has 132 valence electrons. The van der Waals surface area contributed by atoms with Gasteiger partial charge in [-0.2, -0.15) is 0 Å². The second kappa shape index (κ2) is 10.6. The van der Waals surface area contributed by atoms with E-state index in [-0.39, 0.29) is 11.2 Å². The molecule has 0 spiro atoms. The van der Waals surface area contributed by atoms with Crippen molar-refractivity contribution in [2.75, 3.05) is 24.2 Å². The Kier molecular flexibility index (Phi) is 9.66. The van der Waals surface area contributed by atoms with Crippen LogP contribution in [0.4, 0.5) is 0 Å². The van der Waals surface area contributed by atoms with Crippen LogP contribution in [0.1, 0.15) is 46.1 Å². The third-order valence-corrected chi connectivity index (χ3v) is 4.26. The SMILES string of the molecule is CC(C)(CCI)OCCC(C)(C)OCCOCc1ccccc1. The molecule has 0 atom stereocenters. The summed E-state index contributed by atoms with van der Waals surface area (Å²) < 4.78 is 18.7. The summed E-state index contributed by atoms with van der Waals surface area (Å²) in [5.41, 5.74) is 0.963. The molecule has 0 heterocycles. The van der Waals surface area contributed by atoms with Crippen LogP contribution in [0.3, 0.4) is 0 Å². The fourth-order valence-electron chi connectivity index (χ4n) is 2.09. The lowest BCUT2D eigenvalue weighted by molar-refractivity contribution is -0.0843. The molecule has 23 heavy (non-hydrogen) atoms. The molecule has 0 amide bonds. The first-order valence-corrected chi connectivity index (χ1v) is 9.83. The van der Waals surface area contributed by atoms with E-state index in [0.717, 1.165) is 23.9 Å². The average Bonchev–Trinajstić information content (AvgIpc) is 2.47. The van der Waals surface area contributed by atoms with Gasteiger partial charge in [-0.25, -0.2) is 0 Å². The normalized spacial score (nSPS) is 12.6. The smallest absolute Gasteiger partial charge is 0.0718 e. The van der Waals surface area contributed by atoms with Gasteiger partial charge in [0.2, 0.25) is 0 Å². The first kappa shape index (κ1) is 20.9. The minimum atomic E-state index is -0.184. The predicted octanol–water partition coefficient (Wildman–Crippen LogP) is 5.01. The van der Waals surface area contributed by atoms with Crippen molar-refractivity contribution >= 4 is 22.6 Å². The Hall–Kier alpha value is -0.170. The zero-order chi connectivity index (χ0) is 17.2. The first-order chi connectivity index (χ1) is 10.8. The summed E-state index contributed by atoms with van der Waals surface area (Å²) in [6, 6.07) is 10.2. The molecule has 4 heteroatoms. The van der Waals surface area contributed by atoms with Gasteiger partial charge < -0.3 is 14.2 Å². The van der Waals surface area contributed by atoms with Gasteiger partial charge in [-0.15, -0.1) is 0 Å². The summed E-state index contributed by atoms with van der Waals surface area (Å²) in [5, 5.41) is 0. The van der Waals surface area contributed by atoms with Gasteiger partial charge >= 0.3 is 0 Å². The fourth-order valence-corrected chi connectivity index (χ4v) is 3.39. The highest BCUT2D eigenvalue weighted by molar-refractivity contribution is 14.1. The molecule has 0 aromatic heterocycles. The second-order valence-electron chi connectivity index (χ2n) is 6.94. The van der Waals surface area contributed by atoms with Gasteiger partial charge in [0.05, 0.1) is 37.6 Å². The Morgan fingerprint density at radius 3 is 2.09 bits per heavy atom. The minimum Gasteiger partial charge on any atom is -0.375 e. The zero-order valence-corrected chi connectivity index (χ0v) is 17.1. The molecule has 0 saturated carbocycles. The maximum Gasteiger partial charge on any atom is 0.0718 e. The number of hydrogen-bond acceptors (Lipinski definition) is 3. The largest absolute Gasteiger partial charge is 0.375 e. The van der Waals surface area contributed by atoms with E-state index < -0.39 is 0 Å². The zero-order valence-electron chi connectivity index (χ0n) is 14.9. The van der Waals surface area contributed by atoms with E-state index in [2.05, 4.69) is 62.4 Å². The van der Waals surface area contributed by atoms with E-state index in [0.29, 0.717) is 19.8 Å². The maximum absolute atomic E-state index is 5.98. The highest BCUT2D eigenvalue weighted by Crippen LogP contribution is 2.20. The van der Waals surface area contributed by atoms with Gasteiger partial charge in [-0.1, -0.05) is 52.9 Å². The number of benzene rings is 1. The molecule has 0 bridgehead atoms. The Morgan fingerprint density at radius 1 is 0.826 bits per heavy atom. The van der Waals surface area contributed by atoms with Crippen LogP contribution >= 0.6 is 22.6 Å². The van der Waals surface area contributed by atoms with Crippen molar-refractivity contribution in [3.63, 3.8) is 0 Å². The van der Waals surface area contributed by atoms with Gasteiger partial charge in [-0.05, 0) is 46.1 Å². The molecule has 0 fully saturated rings. The number of rotatable bonds is 12. The van der Waals surface area contributed by atoms with Crippen LogP contribution < -0.4 is 0 Å². The van der Waals surface area contributed by atoms with Crippen molar-refractivity contribution in [2.45, 2.75) is 58.3 Å². The first-order valence-electron chi connectivity index (χ1n) is 8.30. The van der Waals surface area contributed by atoms with E-state index in [1.54, 1.807) is 0 Å². The molecule has 1 rings (SSSR count). The van der Waals surface area contributed by atoms with Crippen LogP contribution in [-0.4, -0.2) is 35.5 Å². The number of halogens is 1. The van der Waals surface area contributed by atoms with Crippen LogP contribution in [0.2, 0.25) is 0 Å². The molecule has 0 radical (unpaired) electrons. The number of alkyl halides is 1. The van der Waals surface area contributed by atoms with Crippen LogP contribution in [0.15, 0.2) is 30.3 Å². The van der Waals surface area contributed by atoms with Crippen molar-refractivity contribution in [1.29, 1.82) is 0 Å². The lowest BCUT2D eigenvalue weighted by atomic mass is 10.0. The molecule has 0 aliphatic rings. The molecule has 1 aromatic rings. The van der Waals surface area contributed by atoms with E-state index in [4.69, 9.17) is 14.2 Å². The summed E-state index contributed by atoms with van der Waals surface area (Å²) in [4.78, 5) is 0. The Balaban J connectivity index is 2.12. The fraction of sp³-hybridized carbons (Fsp3) is 0.684. The molecule has 0 aliphatic carbocycles. The van der Waals surface area contributed by atoms with Gasteiger partial charge in [0.15, 0.2) is 0 Å². The van der Waals surface area contributed by atoms with E-state index >= 15 is 0 Å². The molecule has 0 N–H and O–H groups in total. The van der Waals surface area contributed by atoms with E-state index in [9.17, 15) is 0 Å². The van der Waals surface area contributed by atoms with E-state index in [1.165, 1.54) is 5.56 Å². The number of ether oxygens (including phenoxy) is 3. The lowest BCUT2D eigenvalue weighted by Crippen LogP contribution is -2.31. The molecule has 0 unspecified atom stereocenters. The summed E-state index contributed by atoms with van der Waals surface area (Å²) in [7, 11) is 0. The minimum absolute atomic E-state index is 0.0456. The molecule has 0 aliphatic heterocycles. The third-order valence-electron chi connectivity index (χ3n) is 3.73. The van der Waals surface area contributed by atoms with E-state index in [1.807, 2.05) is 18.2 Å². The number of hydrogen-bond donors (Lipinski definition) is 0. The van der Waals surface area contributed by atoms with Crippen molar-refractivity contribution < 1.29 is 14.2 Å². The Morgan fingerprint density at radius 2 is 1.43 bits per heavy atom. The van der Waals surface area contributed by atoms with Gasteiger partial charge in [-0.3, -0.25) is 0 Å². The van der Waals surface area contributed by atoms with Crippen molar-refractivity contribution in [1.82, 2.24) is 0 Å². The molecule has 3 nitrogen and oxygen atoms in total. The van der Waals surface area contributed by atoms with Gasteiger partial charge in [0.25, 0.3) is 0 Å². The Bertz CT molecular complexity index is 418. The summed E-state index contributed by atoms with van der Waals surface area (Å²) in [6.45, 7) is 11.1. The van der Waals surface area contributed by atoms with Crippen molar-refractivity contribution in [3.05, 3.63) is 35.9 Å². The lowest BCUT2D eigenvalue weighted by Gasteiger charge is -2.29. The molecular weight excluding hydrogens is 403 g/mol. The van der Waals surface area contributed by atoms with Gasteiger partial charge in [0.1, 0.15) is 0 Å². The summed E-state index contributed by atoms with van der Waals surface area (Å²) in [5.74, 6) is 0. The standard InChI is InChI=1S/C19H31IO3/c1-18(2,10-12-20)22-13-11-19(3,4)23-15-14-21-16-17-8-6-5-7-9-17/h5-9H,10-16H2,1-4H3. The second-order valence-corrected chi connectivity index (χ2v) is 8.02. The predicted molar refractivity (Wildman–Crippen MR) is 104 cm³/mol. The molecular formula is C19H31IO3. The van der Waals surface area contributed by atoms with Gasteiger partial charge in [0, 0.05) is 4.43 Å². The third kappa shape index (κ3) is 10.3. The topological polar surface area (TPSA) is 27.7 Å². The van der Waals surface area contributed by atoms with Crippen LogP contribution in [0, 0.1) is 0 Å². The van der Waals surface area contributed by atoms with Crippen molar-refractivity contribution in [2.24, 2.45) is 0 Å². The average molecular weight is 434 g/mol. The molecule has 0 saturated heterocycles. The summed E-state index contributed by atoms with van der Waals surface area (Å²) >= 11 is 2.39. The van der Waals surface area contributed by atoms with Crippen LogP contribution in [0.5, 0.6) is 0 Å². The summed E-state index contributed by atoms with van der Waals surface area (Å²) in [6.07, 6.45) is 1.96. The highest BCUT2D eigenvalue weighted by atomic mass is 127. The van der Waals surface area contributed by atoms with Crippen LogP contribution in [-0.2, 0) is 20.8 Å². The monoisotopic (exact) mass is 434 g/mol. The van der Waals surface area contributed by atoms with Crippen molar-refractivity contribution in [3.8, 4) is 0 Å². The highest BCUT2D eigenvalue weighted by Gasteiger charge is 2.22.